The molecule has 0 aromatic carbocycles. The molecule has 0 radical (unpaired) electrons. The Morgan fingerprint density at radius 1 is 1.33 bits per heavy atom. The molecule has 2 aromatic heterocycles. The fraction of sp³-hybridized carbons (Fsp3) is 0.421. The molecule has 4 rings (SSSR count). The number of pyridine rings is 1. The smallest absolute Gasteiger partial charge is 0.259 e. The third-order valence-electron chi connectivity index (χ3n) is 5.01. The van der Waals surface area contributed by atoms with Gasteiger partial charge in [0, 0.05) is 44.6 Å². The third-order valence-corrected chi connectivity index (χ3v) is 5.01. The van der Waals surface area contributed by atoms with Crippen molar-refractivity contribution >= 4 is 17.7 Å². The summed E-state index contributed by atoms with van der Waals surface area (Å²) in [7, 11) is 0. The second-order valence-corrected chi connectivity index (χ2v) is 6.80. The number of nitrogens with one attached hydrogen (secondary N) is 1. The summed E-state index contributed by atoms with van der Waals surface area (Å²) in [5, 5.41) is 12.0. The molecule has 2 aliphatic rings. The number of nitriles is 1. The van der Waals surface area contributed by atoms with Gasteiger partial charge in [-0.25, -0.2) is 9.97 Å². The molecule has 138 valence electrons. The van der Waals surface area contributed by atoms with Crippen molar-refractivity contribution in [2.75, 3.05) is 29.9 Å². The zero-order valence-corrected chi connectivity index (χ0v) is 15.2. The molecular weight excluding hydrogens is 342 g/mol. The van der Waals surface area contributed by atoms with E-state index >= 15 is 0 Å². The topological polar surface area (TPSA) is 98.0 Å². The number of rotatable bonds is 4. The van der Waals surface area contributed by atoms with E-state index < -0.39 is 0 Å². The lowest BCUT2D eigenvalue weighted by Crippen LogP contribution is -2.39. The lowest BCUT2D eigenvalue weighted by atomic mass is 10.2. The van der Waals surface area contributed by atoms with E-state index in [0.29, 0.717) is 30.3 Å². The van der Waals surface area contributed by atoms with Gasteiger partial charge in [0.1, 0.15) is 23.1 Å². The summed E-state index contributed by atoms with van der Waals surface area (Å²) in [5.41, 5.74) is 1.82. The van der Waals surface area contributed by atoms with Crippen molar-refractivity contribution in [3.63, 3.8) is 0 Å². The molecule has 0 aliphatic carbocycles. The van der Waals surface area contributed by atoms with Gasteiger partial charge in [0.2, 0.25) is 5.95 Å². The van der Waals surface area contributed by atoms with Crippen LogP contribution in [0.3, 0.4) is 0 Å². The molecule has 2 aromatic rings. The Bertz CT molecular complexity index is 890. The van der Waals surface area contributed by atoms with Gasteiger partial charge in [-0.05, 0) is 31.4 Å². The molecule has 2 aliphatic heterocycles. The fourth-order valence-electron chi connectivity index (χ4n) is 3.74. The van der Waals surface area contributed by atoms with E-state index in [1.54, 1.807) is 18.5 Å². The minimum Gasteiger partial charge on any atom is -0.354 e. The van der Waals surface area contributed by atoms with Crippen LogP contribution in [0.5, 0.6) is 0 Å². The first-order valence-electron chi connectivity index (χ1n) is 9.21. The molecule has 8 nitrogen and oxygen atoms in total. The standard InChI is InChI=1S/C19H21N7O/c1-2-21-19-23-10-16-17(24-19)26-7-3-4-15(26)12-25(18(16)27)11-13-5-6-14(8-20)22-9-13/h5-6,9-10,15H,2-4,7,11-12H2,1H3,(H,21,23,24)/t15-/m0/s1. The third kappa shape index (κ3) is 3.28. The van der Waals surface area contributed by atoms with Gasteiger partial charge in [0.25, 0.3) is 5.91 Å². The van der Waals surface area contributed by atoms with E-state index in [2.05, 4.69) is 25.2 Å². The van der Waals surface area contributed by atoms with Crippen LogP contribution in [-0.4, -0.2) is 51.4 Å². The highest BCUT2D eigenvalue weighted by atomic mass is 16.2. The van der Waals surface area contributed by atoms with E-state index in [1.165, 1.54) is 0 Å². The number of anilines is 2. The maximum atomic E-state index is 13.2. The molecule has 0 bridgehead atoms. The molecular formula is C19H21N7O. The van der Waals surface area contributed by atoms with Crippen molar-refractivity contribution < 1.29 is 4.79 Å². The zero-order valence-electron chi connectivity index (χ0n) is 15.2. The number of carbonyl (C=O) groups is 1. The first-order valence-corrected chi connectivity index (χ1v) is 9.21. The Balaban J connectivity index is 1.66. The normalized spacial score (nSPS) is 18.5. The average Bonchev–Trinajstić information content (AvgIpc) is 3.12. The Morgan fingerprint density at radius 2 is 2.22 bits per heavy atom. The van der Waals surface area contributed by atoms with Crippen LogP contribution in [0.25, 0.3) is 0 Å². The SMILES string of the molecule is CCNc1ncc2c(n1)N1CCC[C@H]1CN(Cc1ccc(C#N)nc1)C2=O. The average molecular weight is 363 g/mol. The molecule has 1 saturated heterocycles. The van der Waals surface area contributed by atoms with Gasteiger partial charge >= 0.3 is 0 Å². The lowest BCUT2D eigenvalue weighted by molar-refractivity contribution is 0.0741. The Hall–Kier alpha value is -3.21. The molecule has 1 fully saturated rings. The highest BCUT2D eigenvalue weighted by Crippen LogP contribution is 2.32. The van der Waals surface area contributed by atoms with Crippen LogP contribution in [0, 0.1) is 11.3 Å². The monoisotopic (exact) mass is 363 g/mol. The fourth-order valence-corrected chi connectivity index (χ4v) is 3.74. The van der Waals surface area contributed by atoms with Crippen LogP contribution in [0.4, 0.5) is 11.8 Å². The number of hydrogen-bond donors (Lipinski definition) is 1. The molecule has 1 N–H and O–H groups in total. The van der Waals surface area contributed by atoms with Crippen molar-refractivity contribution in [1.82, 2.24) is 19.9 Å². The second-order valence-electron chi connectivity index (χ2n) is 6.80. The molecule has 27 heavy (non-hydrogen) atoms. The van der Waals surface area contributed by atoms with Gasteiger partial charge < -0.3 is 15.1 Å². The van der Waals surface area contributed by atoms with Gasteiger partial charge in [-0.3, -0.25) is 4.79 Å². The highest BCUT2D eigenvalue weighted by molar-refractivity contribution is 5.99. The maximum absolute atomic E-state index is 13.2. The summed E-state index contributed by atoms with van der Waals surface area (Å²) in [6.07, 6.45) is 5.42. The van der Waals surface area contributed by atoms with Gasteiger partial charge in [-0.15, -0.1) is 0 Å². The van der Waals surface area contributed by atoms with Crippen LogP contribution in [0.15, 0.2) is 24.5 Å². The van der Waals surface area contributed by atoms with Crippen molar-refractivity contribution in [2.24, 2.45) is 0 Å². The molecule has 0 saturated carbocycles. The number of aromatic nitrogens is 3. The summed E-state index contributed by atoms with van der Waals surface area (Å²) in [6, 6.07) is 5.80. The second kappa shape index (κ2) is 7.19. The Kier molecular flexibility index (Phi) is 4.59. The predicted octanol–water partition coefficient (Wildman–Crippen LogP) is 1.80. The van der Waals surface area contributed by atoms with E-state index in [9.17, 15) is 4.79 Å². The quantitative estimate of drug-likeness (QED) is 0.884. The first kappa shape index (κ1) is 17.2. The van der Waals surface area contributed by atoms with Gasteiger partial charge in [0.15, 0.2) is 0 Å². The number of fused-ring (bicyclic) bond motifs is 3. The van der Waals surface area contributed by atoms with Crippen molar-refractivity contribution in [2.45, 2.75) is 32.4 Å². The minimum atomic E-state index is -0.0631. The number of carbonyl (C=O) groups excluding carboxylic acids is 1. The summed E-state index contributed by atoms with van der Waals surface area (Å²) >= 11 is 0. The summed E-state index contributed by atoms with van der Waals surface area (Å²) in [5.74, 6) is 1.22. The van der Waals surface area contributed by atoms with Gasteiger partial charge in [-0.2, -0.15) is 10.2 Å². The number of hydrogen-bond acceptors (Lipinski definition) is 7. The van der Waals surface area contributed by atoms with Crippen LogP contribution in [-0.2, 0) is 6.54 Å². The first-order chi connectivity index (χ1) is 13.2. The largest absolute Gasteiger partial charge is 0.354 e. The van der Waals surface area contributed by atoms with E-state index in [-0.39, 0.29) is 11.9 Å². The molecule has 0 spiro atoms. The number of amides is 1. The molecule has 0 unspecified atom stereocenters. The van der Waals surface area contributed by atoms with Crippen molar-refractivity contribution in [3.05, 3.63) is 41.3 Å². The zero-order chi connectivity index (χ0) is 18.8. The molecule has 1 amide bonds. The molecule has 4 heterocycles. The van der Waals surface area contributed by atoms with Crippen LogP contribution in [0.1, 0.15) is 41.4 Å². The van der Waals surface area contributed by atoms with Gasteiger partial charge in [0.05, 0.1) is 0 Å². The molecule has 1 atom stereocenters. The summed E-state index contributed by atoms with van der Waals surface area (Å²) in [6.45, 7) is 4.72. The predicted molar refractivity (Wildman–Crippen MR) is 100 cm³/mol. The summed E-state index contributed by atoms with van der Waals surface area (Å²) in [4.78, 5) is 30.3. The number of nitrogens with zero attached hydrogens (tertiary/aromatic N) is 6. The highest BCUT2D eigenvalue weighted by Gasteiger charge is 2.36. The van der Waals surface area contributed by atoms with Crippen LogP contribution in [0.2, 0.25) is 0 Å². The molecule has 8 heteroatoms. The van der Waals surface area contributed by atoms with Crippen molar-refractivity contribution in [1.29, 1.82) is 5.26 Å². The minimum absolute atomic E-state index is 0.0631. The summed E-state index contributed by atoms with van der Waals surface area (Å²) < 4.78 is 0. The van der Waals surface area contributed by atoms with Crippen LogP contribution < -0.4 is 10.2 Å². The van der Waals surface area contributed by atoms with Crippen LogP contribution >= 0.6 is 0 Å². The Morgan fingerprint density at radius 3 is 2.96 bits per heavy atom. The van der Waals surface area contributed by atoms with E-state index in [1.807, 2.05) is 24.0 Å². The van der Waals surface area contributed by atoms with Crippen molar-refractivity contribution in [3.8, 4) is 6.07 Å². The van der Waals surface area contributed by atoms with Gasteiger partial charge in [-0.1, -0.05) is 6.07 Å². The lowest BCUT2D eigenvalue weighted by Gasteiger charge is -2.27. The van der Waals surface area contributed by atoms with E-state index in [4.69, 9.17) is 5.26 Å². The Labute approximate surface area is 157 Å². The van der Waals surface area contributed by atoms with E-state index in [0.717, 1.165) is 37.3 Å². The maximum Gasteiger partial charge on any atom is 0.259 e.